The lowest BCUT2D eigenvalue weighted by Crippen LogP contribution is -2.39. The molecule has 3 nitrogen and oxygen atoms in total. The fraction of sp³-hybridized carbons (Fsp3) is 0.571. The third-order valence-corrected chi connectivity index (χ3v) is 7.21. The fourth-order valence-electron chi connectivity index (χ4n) is 2.68. The van der Waals surface area contributed by atoms with Crippen molar-refractivity contribution in [2.75, 3.05) is 6.54 Å². The number of hydrogen-bond acceptors (Lipinski definition) is 2. The first kappa shape index (κ1) is 16.5. The van der Waals surface area contributed by atoms with E-state index < -0.39 is 10.0 Å². The van der Waals surface area contributed by atoms with E-state index in [0.29, 0.717) is 15.9 Å². The molecule has 0 spiro atoms. The van der Waals surface area contributed by atoms with Crippen molar-refractivity contribution in [3.63, 3.8) is 0 Å². The second-order valence-corrected chi connectivity index (χ2v) is 8.73. The van der Waals surface area contributed by atoms with Crippen molar-refractivity contribution < 1.29 is 8.42 Å². The first-order chi connectivity index (χ1) is 9.46. The molecule has 1 unspecified atom stereocenters. The van der Waals surface area contributed by atoms with Crippen LogP contribution in [0, 0.1) is 0 Å². The van der Waals surface area contributed by atoms with Crippen LogP contribution < -0.4 is 0 Å². The smallest absolute Gasteiger partial charge is 0.207 e. The van der Waals surface area contributed by atoms with Crippen LogP contribution in [0.2, 0.25) is 0 Å². The van der Waals surface area contributed by atoms with Crippen molar-refractivity contribution in [1.29, 1.82) is 0 Å². The van der Waals surface area contributed by atoms with Crippen LogP contribution in [0.3, 0.4) is 0 Å². The molecule has 0 saturated carbocycles. The Balaban J connectivity index is 2.44. The highest BCUT2D eigenvalue weighted by atomic mass is 79.9. The quantitative estimate of drug-likeness (QED) is 0.713. The molecule has 0 aromatic heterocycles. The molecular weight excluding hydrogens is 406 g/mol. The summed E-state index contributed by atoms with van der Waals surface area (Å²) in [6, 6.07) is 5.41. The summed E-state index contributed by atoms with van der Waals surface area (Å²) in [4.78, 5) is 0.354. The molecule has 1 aliphatic rings. The molecule has 0 amide bonds. The van der Waals surface area contributed by atoms with E-state index in [1.165, 1.54) is 0 Å². The van der Waals surface area contributed by atoms with Crippen molar-refractivity contribution in [3.8, 4) is 0 Å². The highest BCUT2D eigenvalue weighted by Gasteiger charge is 2.32. The summed E-state index contributed by atoms with van der Waals surface area (Å²) in [5, 5.41) is 0. The molecule has 0 radical (unpaired) electrons. The Morgan fingerprint density at radius 1 is 1.25 bits per heavy atom. The standard InChI is InChI=1S/C14H19Br2NO2S/c1-2-12-6-4-3-5-9-17(12)20(18,19)14-10-11(15)7-8-13(14)16/h7-8,10,12H,2-6,9H2,1H3. The second kappa shape index (κ2) is 6.90. The predicted molar refractivity (Wildman–Crippen MR) is 88.3 cm³/mol. The summed E-state index contributed by atoms with van der Waals surface area (Å²) < 4.78 is 29.0. The zero-order valence-corrected chi connectivity index (χ0v) is 15.5. The summed E-state index contributed by atoms with van der Waals surface area (Å²) in [5.74, 6) is 0. The first-order valence-corrected chi connectivity index (χ1v) is 9.96. The van der Waals surface area contributed by atoms with Crippen molar-refractivity contribution in [2.45, 2.75) is 50.0 Å². The van der Waals surface area contributed by atoms with Crippen LogP contribution in [0.25, 0.3) is 0 Å². The monoisotopic (exact) mass is 423 g/mol. The Bertz CT molecular complexity index is 575. The average molecular weight is 425 g/mol. The Morgan fingerprint density at radius 2 is 2.00 bits per heavy atom. The lowest BCUT2D eigenvalue weighted by atomic mass is 10.1. The third kappa shape index (κ3) is 3.46. The molecule has 1 aromatic carbocycles. The predicted octanol–water partition coefficient (Wildman–Crippen LogP) is 4.55. The molecule has 1 fully saturated rings. The maximum Gasteiger partial charge on any atom is 0.244 e. The molecule has 1 aliphatic heterocycles. The van der Waals surface area contributed by atoms with Gasteiger partial charge in [-0.05, 0) is 53.4 Å². The summed E-state index contributed by atoms with van der Waals surface area (Å²) in [7, 11) is -3.44. The highest BCUT2D eigenvalue weighted by molar-refractivity contribution is 9.11. The van der Waals surface area contributed by atoms with E-state index in [4.69, 9.17) is 0 Å². The van der Waals surface area contributed by atoms with Crippen LogP contribution in [0.1, 0.15) is 39.0 Å². The van der Waals surface area contributed by atoms with E-state index in [1.54, 1.807) is 16.4 Å². The van der Waals surface area contributed by atoms with Gasteiger partial charge in [0.25, 0.3) is 0 Å². The number of benzene rings is 1. The second-order valence-electron chi connectivity index (χ2n) is 5.10. The number of hydrogen-bond donors (Lipinski definition) is 0. The van der Waals surface area contributed by atoms with Gasteiger partial charge in [0.2, 0.25) is 10.0 Å². The maximum atomic E-state index is 13.0. The molecule has 112 valence electrons. The van der Waals surface area contributed by atoms with Gasteiger partial charge < -0.3 is 0 Å². The molecule has 0 N–H and O–H groups in total. The highest BCUT2D eigenvalue weighted by Crippen LogP contribution is 2.32. The lowest BCUT2D eigenvalue weighted by molar-refractivity contribution is 0.315. The number of nitrogens with zero attached hydrogens (tertiary/aromatic N) is 1. The van der Waals surface area contributed by atoms with Crippen LogP contribution in [0.5, 0.6) is 0 Å². The van der Waals surface area contributed by atoms with Gasteiger partial charge in [-0.1, -0.05) is 35.7 Å². The van der Waals surface area contributed by atoms with Gasteiger partial charge in [0, 0.05) is 21.5 Å². The van der Waals surface area contributed by atoms with E-state index in [1.807, 2.05) is 6.07 Å². The lowest BCUT2D eigenvalue weighted by Gasteiger charge is -2.28. The molecule has 1 heterocycles. The van der Waals surface area contributed by atoms with Crippen LogP contribution in [0.15, 0.2) is 32.0 Å². The zero-order valence-electron chi connectivity index (χ0n) is 11.5. The molecule has 0 bridgehead atoms. The molecule has 1 atom stereocenters. The molecule has 2 rings (SSSR count). The van der Waals surface area contributed by atoms with E-state index >= 15 is 0 Å². The SMILES string of the molecule is CCC1CCCCCN1S(=O)(=O)c1cc(Br)ccc1Br. The minimum Gasteiger partial charge on any atom is -0.207 e. The fourth-order valence-corrected chi connectivity index (χ4v) is 5.91. The van der Waals surface area contributed by atoms with E-state index in [2.05, 4.69) is 38.8 Å². The Hall–Kier alpha value is 0.0900. The van der Waals surface area contributed by atoms with Crippen LogP contribution in [-0.4, -0.2) is 25.3 Å². The number of halogens is 2. The summed E-state index contributed by atoms with van der Waals surface area (Å²) in [5.41, 5.74) is 0. The minimum atomic E-state index is -3.44. The normalized spacial score (nSPS) is 21.6. The minimum absolute atomic E-state index is 0.119. The van der Waals surface area contributed by atoms with Gasteiger partial charge in [0.1, 0.15) is 0 Å². The third-order valence-electron chi connectivity index (χ3n) is 3.77. The Labute approximate surface area is 138 Å². The first-order valence-electron chi connectivity index (χ1n) is 6.93. The summed E-state index contributed by atoms with van der Waals surface area (Å²) >= 11 is 6.72. The Kier molecular flexibility index (Phi) is 5.68. The molecule has 1 aromatic rings. The van der Waals surface area contributed by atoms with Gasteiger partial charge in [0.15, 0.2) is 0 Å². The maximum absolute atomic E-state index is 13.0. The Morgan fingerprint density at radius 3 is 2.70 bits per heavy atom. The van der Waals surface area contributed by atoms with E-state index in [-0.39, 0.29) is 6.04 Å². The van der Waals surface area contributed by atoms with E-state index in [0.717, 1.165) is 36.6 Å². The molecule has 6 heteroatoms. The van der Waals surface area contributed by atoms with Gasteiger partial charge >= 0.3 is 0 Å². The molecule has 20 heavy (non-hydrogen) atoms. The molecular formula is C14H19Br2NO2S. The van der Waals surface area contributed by atoms with Gasteiger partial charge in [-0.3, -0.25) is 0 Å². The number of rotatable bonds is 3. The van der Waals surface area contributed by atoms with Gasteiger partial charge in [-0.15, -0.1) is 0 Å². The van der Waals surface area contributed by atoms with Crippen molar-refractivity contribution in [3.05, 3.63) is 27.1 Å². The molecule has 1 saturated heterocycles. The van der Waals surface area contributed by atoms with Crippen LogP contribution >= 0.6 is 31.9 Å². The van der Waals surface area contributed by atoms with Crippen molar-refractivity contribution in [1.82, 2.24) is 4.31 Å². The van der Waals surface area contributed by atoms with Crippen LogP contribution in [-0.2, 0) is 10.0 Å². The summed E-state index contributed by atoms with van der Waals surface area (Å²) in [6.45, 7) is 2.69. The van der Waals surface area contributed by atoms with E-state index in [9.17, 15) is 8.42 Å². The topological polar surface area (TPSA) is 37.4 Å². The largest absolute Gasteiger partial charge is 0.244 e. The number of sulfonamides is 1. The summed E-state index contributed by atoms with van der Waals surface area (Å²) in [6.07, 6.45) is 5.00. The van der Waals surface area contributed by atoms with Crippen molar-refractivity contribution >= 4 is 41.9 Å². The van der Waals surface area contributed by atoms with Crippen LogP contribution in [0.4, 0.5) is 0 Å². The van der Waals surface area contributed by atoms with Crippen molar-refractivity contribution in [2.24, 2.45) is 0 Å². The van der Waals surface area contributed by atoms with Gasteiger partial charge in [-0.25, -0.2) is 8.42 Å². The average Bonchev–Trinajstić information content (AvgIpc) is 2.66. The van der Waals surface area contributed by atoms with Gasteiger partial charge in [-0.2, -0.15) is 4.31 Å². The molecule has 0 aliphatic carbocycles. The zero-order chi connectivity index (χ0) is 14.8. The van der Waals surface area contributed by atoms with Gasteiger partial charge in [0.05, 0.1) is 4.90 Å².